The van der Waals surface area contributed by atoms with Gasteiger partial charge in [0, 0.05) is 29.6 Å². The first-order chi connectivity index (χ1) is 8.56. The number of aromatic nitrogens is 2. The molecule has 0 atom stereocenters. The molecule has 6 heteroatoms. The van der Waals surface area contributed by atoms with Gasteiger partial charge in [-0.05, 0) is 18.2 Å². The maximum absolute atomic E-state index is 11.8. The topological polar surface area (TPSA) is 56.0 Å². The fraction of sp³-hybridized carbons (Fsp3) is 0.167. The Bertz CT molecular complexity index is 630. The molecule has 0 aliphatic heterocycles. The molecule has 0 aliphatic carbocycles. The highest BCUT2D eigenvalue weighted by Gasteiger charge is 2.06. The van der Waals surface area contributed by atoms with E-state index >= 15 is 0 Å². The van der Waals surface area contributed by atoms with Crippen LogP contribution in [0.2, 0.25) is 0 Å². The summed E-state index contributed by atoms with van der Waals surface area (Å²) < 4.78 is 3.66. The minimum atomic E-state index is -0.235. The molecule has 1 aromatic carbocycles. The van der Waals surface area contributed by atoms with E-state index < -0.39 is 0 Å². The molecule has 0 aliphatic rings. The molecule has 94 valence electrons. The Labute approximate surface area is 112 Å². The molecule has 1 amide bonds. The van der Waals surface area contributed by atoms with E-state index in [9.17, 15) is 9.59 Å². The van der Waals surface area contributed by atoms with Crippen molar-refractivity contribution in [3.8, 4) is 0 Å². The van der Waals surface area contributed by atoms with E-state index in [0.29, 0.717) is 5.69 Å². The summed E-state index contributed by atoms with van der Waals surface area (Å²) in [6.07, 6.45) is 3.21. The third-order valence-corrected chi connectivity index (χ3v) is 2.93. The van der Waals surface area contributed by atoms with Crippen LogP contribution in [0.1, 0.15) is 0 Å². The summed E-state index contributed by atoms with van der Waals surface area (Å²) in [5.74, 6) is -0.235. The van der Waals surface area contributed by atoms with Crippen LogP contribution in [0.25, 0.3) is 0 Å². The van der Waals surface area contributed by atoms with Gasteiger partial charge < -0.3 is 9.88 Å². The second kappa shape index (κ2) is 5.22. The van der Waals surface area contributed by atoms with Gasteiger partial charge in [0.05, 0.1) is 0 Å². The Morgan fingerprint density at radius 3 is 2.78 bits per heavy atom. The lowest BCUT2D eigenvalue weighted by atomic mass is 10.3. The number of benzene rings is 1. The zero-order valence-corrected chi connectivity index (χ0v) is 11.3. The van der Waals surface area contributed by atoms with Gasteiger partial charge in [-0.1, -0.05) is 22.0 Å². The highest BCUT2D eigenvalue weighted by molar-refractivity contribution is 9.10. The van der Waals surface area contributed by atoms with E-state index in [2.05, 4.69) is 21.2 Å². The van der Waals surface area contributed by atoms with Crippen LogP contribution in [0, 0.1) is 0 Å². The minimum Gasteiger partial charge on any atom is -0.324 e. The molecule has 0 bridgehead atoms. The zero-order valence-electron chi connectivity index (χ0n) is 9.76. The van der Waals surface area contributed by atoms with E-state index in [1.165, 1.54) is 9.13 Å². The van der Waals surface area contributed by atoms with E-state index in [1.807, 2.05) is 12.1 Å². The van der Waals surface area contributed by atoms with Crippen molar-refractivity contribution in [1.29, 1.82) is 0 Å². The summed E-state index contributed by atoms with van der Waals surface area (Å²) in [7, 11) is 1.64. The summed E-state index contributed by atoms with van der Waals surface area (Å²) in [4.78, 5) is 23.3. The number of nitrogens with zero attached hydrogens (tertiary/aromatic N) is 2. The van der Waals surface area contributed by atoms with E-state index in [4.69, 9.17) is 0 Å². The summed E-state index contributed by atoms with van der Waals surface area (Å²) in [6, 6.07) is 7.29. The van der Waals surface area contributed by atoms with Crippen LogP contribution in [-0.4, -0.2) is 15.0 Å². The molecule has 18 heavy (non-hydrogen) atoms. The molecule has 0 radical (unpaired) electrons. The molecular weight excluding hydrogens is 298 g/mol. The number of nitrogens with one attached hydrogen (secondary N) is 1. The summed E-state index contributed by atoms with van der Waals surface area (Å²) >= 11 is 3.32. The van der Waals surface area contributed by atoms with Gasteiger partial charge in [-0.3, -0.25) is 9.36 Å². The number of amides is 1. The monoisotopic (exact) mass is 309 g/mol. The molecule has 1 aromatic heterocycles. The van der Waals surface area contributed by atoms with Gasteiger partial charge in [-0.25, -0.2) is 4.79 Å². The molecule has 0 fully saturated rings. The molecule has 0 saturated heterocycles. The van der Waals surface area contributed by atoms with Gasteiger partial charge in [-0.15, -0.1) is 0 Å². The molecule has 2 aromatic rings. The lowest BCUT2D eigenvalue weighted by molar-refractivity contribution is -0.116. The lowest BCUT2D eigenvalue weighted by Gasteiger charge is -2.05. The first-order valence-corrected chi connectivity index (χ1v) is 6.13. The molecule has 1 heterocycles. The van der Waals surface area contributed by atoms with Crippen molar-refractivity contribution in [1.82, 2.24) is 9.13 Å². The Hall–Kier alpha value is -1.82. The van der Waals surface area contributed by atoms with Crippen LogP contribution in [0.3, 0.4) is 0 Å². The van der Waals surface area contributed by atoms with Gasteiger partial charge in [0.15, 0.2) is 0 Å². The highest BCUT2D eigenvalue weighted by Crippen LogP contribution is 2.15. The Morgan fingerprint density at radius 1 is 1.39 bits per heavy atom. The van der Waals surface area contributed by atoms with E-state index in [0.717, 1.165) is 4.47 Å². The molecule has 0 spiro atoms. The molecule has 5 nitrogen and oxygen atoms in total. The third kappa shape index (κ3) is 2.89. The second-order valence-electron chi connectivity index (χ2n) is 3.88. The van der Waals surface area contributed by atoms with Crippen LogP contribution in [-0.2, 0) is 18.4 Å². The van der Waals surface area contributed by atoms with Gasteiger partial charge >= 0.3 is 5.69 Å². The van der Waals surface area contributed by atoms with Crippen LogP contribution in [0.4, 0.5) is 5.69 Å². The lowest BCUT2D eigenvalue weighted by Crippen LogP contribution is -2.28. The van der Waals surface area contributed by atoms with E-state index in [-0.39, 0.29) is 18.1 Å². The van der Waals surface area contributed by atoms with E-state index in [1.54, 1.807) is 31.6 Å². The number of rotatable bonds is 3. The van der Waals surface area contributed by atoms with Crippen LogP contribution in [0.5, 0.6) is 0 Å². The number of hydrogen-bond acceptors (Lipinski definition) is 2. The predicted octanol–water partition coefficient (Wildman–Crippen LogP) is 1.59. The molecule has 0 saturated carbocycles. The van der Waals surface area contributed by atoms with Crippen LogP contribution in [0.15, 0.2) is 45.9 Å². The van der Waals surface area contributed by atoms with Crippen molar-refractivity contribution >= 4 is 27.5 Å². The Morgan fingerprint density at radius 2 is 2.17 bits per heavy atom. The van der Waals surface area contributed by atoms with Crippen molar-refractivity contribution in [2.24, 2.45) is 7.05 Å². The van der Waals surface area contributed by atoms with Gasteiger partial charge in [0.2, 0.25) is 5.91 Å². The quantitative estimate of drug-likeness (QED) is 0.936. The molecule has 2 rings (SSSR count). The first-order valence-electron chi connectivity index (χ1n) is 5.33. The molecule has 1 N–H and O–H groups in total. The number of carbonyl (C=O) groups is 1. The van der Waals surface area contributed by atoms with Crippen molar-refractivity contribution in [2.75, 3.05) is 5.32 Å². The zero-order chi connectivity index (χ0) is 13.1. The van der Waals surface area contributed by atoms with Crippen LogP contribution < -0.4 is 11.0 Å². The fourth-order valence-electron chi connectivity index (χ4n) is 1.55. The van der Waals surface area contributed by atoms with Gasteiger partial charge in [0.25, 0.3) is 0 Å². The predicted molar refractivity (Wildman–Crippen MR) is 72.4 cm³/mol. The smallest absolute Gasteiger partial charge is 0.324 e. The molecule has 0 unspecified atom stereocenters. The number of halogens is 1. The summed E-state index contributed by atoms with van der Waals surface area (Å²) in [5.41, 5.74) is 0.484. The number of carbonyl (C=O) groups excluding carboxylic acids is 1. The van der Waals surface area contributed by atoms with Gasteiger partial charge in [0.1, 0.15) is 6.54 Å². The summed E-state index contributed by atoms with van der Waals surface area (Å²) in [5, 5.41) is 2.73. The minimum absolute atomic E-state index is 0.00614. The Kier molecular flexibility index (Phi) is 3.66. The number of aryl methyl sites for hydroxylation is 1. The average Bonchev–Trinajstić information content (AvgIpc) is 2.61. The average molecular weight is 310 g/mol. The largest absolute Gasteiger partial charge is 0.328 e. The first kappa shape index (κ1) is 12.6. The van der Waals surface area contributed by atoms with Crippen molar-refractivity contribution in [3.63, 3.8) is 0 Å². The van der Waals surface area contributed by atoms with Crippen LogP contribution >= 0.6 is 15.9 Å². The van der Waals surface area contributed by atoms with Gasteiger partial charge in [-0.2, -0.15) is 0 Å². The summed E-state index contributed by atoms with van der Waals surface area (Å²) in [6.45, 7) is 0.00614. The van der Waals surface area contributed by atoms with Crippen molar-refractivity contribution in [3.05, 3.63) is 51.6 Å². The third-order valence-electron chi connectivity index (χ3n) is 2.44. The normalized spacial score (nSPS) is 10.3. The van der Waals surface area contributed by atoms with Crippen molar-refractivity contribution in [2.45, 2.75) is 6.54 Å². The fourth-order valence-corrected chi connectivity index (χ4v) is 1.95. The van der Waals surface area contributed by atoms with Crippen molar-refractivity contribution < 1.29 is 4.79 Å². The second-order valence-corrected chi connectivity index (χ2v) is 4.79. The highest BCUT2D eigenvalue weighted by atomic mass is 79.9. The number of hydrogen-bond donors (Lipinski definition) is 1. The Balaban J connectivity index is 2.05. The maximum atomic E-state index is 11.8. The standard InChI is InChI=1S/C12H12BrN3O2/c1-15-5-6-16(12(15)18)8-11(17)14-10-4-2-3-9(13)7-10/h2-7H,8H2,1H3,(H,14,17). The number of imidazole rings is 1. The molecular formula is C12H12BrN3O2. The maximum Gasteiger partial charge on any atom is 0.328 e. The number of anilines is 1. The SMILES string of the molecule is Cn1ccn(CC(=O)Nc2cccc(Br)c2)c1=O.